The van der Waals surface area contributed by atoms with E-state index in [9.17, 15) is 9.59 Å². The van der Waals surface area contributed by atoms with Gasteiger partial charge in [-0.3, -0.25) is 18.9 Å². The van der Waals surface area contributed by atoms with Crippen molar-refractivity contribution in [2.24, 2.45) is 0 Å². The lowest BCUT2D eigenvalue weighted by Gasteiger charge is -2.29. The van der Waals surface area contributed by atoms with Gasteiger partial charge in [0, 0.05) is 37.8 Å². The number of nitrogens with zero attached hydrogens (tertiary/aromatic N) is 3. The lowest BCUT2D eigenvalue weighted by Crippen LogP contribution is -2.42. The fraction of sp³-hybridized carbons (Fsp3) is 0.500. The van der Waals surface area contributed by atoms with Gasteiger partial charge in [-0.2, -0.15) is 0 Å². The van der Waals surface area contributed by atoms with Gasteiger partial charge in [0.2, 0.25) is 5.91 Å². The van der Waals surface area contributed by atoms with Crippen LogP contribution >= 0.6 is 11.6 Å². The highest BCUT2D eigenvalue weighted by Crippen LogP contribution is 2.18. The summed E-state index contributed by atoms with van der Waals surface area (Å²) in [6.07, 6.45) is 3.11. The molecule has 0 radical (unpaired) electrons. The number of halogens is 1. The zero-order chi connectivity index (χ0) is 18.1. The van der Waals surface area contributed by atoms with E-state index in [1.54, 1.807) is 10.6 Å². The van der Waals surface area contributed by atoms with Crippen LogP contribution in [0.25, 0.3) is 5.65 Å². The molecule has 0 spiro atoms. The highest BCUT2D eigenvalue weighted by atomic mass is 35.5. The smallest absolute Gasteiger partial charge is 0.263 e. The standard InChI is InChI=1S/C18H23ClN4O2/c1-11(2)22(9-13-6-7-15(24)20-13)10-14-16(19)21-17-12(3)5-4-8-23(17)18(14)25/h4-5,8,11,13H,6-7,9-10H2,1-3H3,(H,20,24). The van der Waals surface area contributed by atoms with Gasteiger partial charge in [-0.05, 0) is 38.8 Å². The minimum Gasteiger partial charge on any atom is -0.352 e. The monoisotopic (exact) mass is 362 g/mol. The van der Waals surface area contributed by atoms with Crippen molar-refractivity contribution in [3.8, 4) is 0 Å². The van der Waals surface area contributed by atoms with Crippen LogP contribution in [0, 0.1) is 6.92 Å². The maximum atomic E-state index is 12.9. The minimum absolute atomic E-state index is 0.0923. The molecular weight excluding hydrogens is 340 g/mol. The Morgan fingerprint density at radius 2 is 2.20 bits per heavy atom. The van der Waals surface area contributed by atoms with E-state index in [0.29, 0.717) is 30.7 Å². The van der Waals surface area contributed by atoms with Crippen molar-refractivity contribution in [2.75, 3.05) is 6.54 Å². The van der Waals surface area contributed by atoms with Crippen molar-refractivity contribution in [1.82, 2.24) is 19.6 Å². The van der Waals surface area contributed by atoms with E-state index in [1.165, 1.54) is 0 Å². The summed E-state index contributed by atoms with van der Waals surface area (Å²) in [4.78, 5) is 30.9. The molecule has 1 unspecified atom stereocenters. The van der Waals surface area contributed by atoms with Gasteiger partial charge >= 0.3 is 0 Å². The fourth-order valence-corrected chi connectivity index (χ4v) is 3.42. The molecule has 0 aromatic carbocycles. The van der Waals surface area contributed by atoms with Crippen LogP contribution in [0.1, 0.15) is 37.8 Å². The predicted octanol–water partition coefficient (Wildman–Crippen LogP) is 2.15. The second-order valence-corrected chi connectivity index (χ2v) is 7.26. The van der Waals surface area contributed by atoms with Crippen LogP contribution in [0.2, 0.25) is 5.15 Å². The fourth-order valence-electron chi connectivity index (χ4n) is 3.20. The number of nitrogens with one attached hydrogen (secondary N) is 1. The summed E-state index contributed by atoms with van der Waals surface area (Å²) in [5, 5.41) is 3.23. The lowest BCUT2D eigenvalue weighted by atomic mass is 10.1. The summed E-state index contributed by atoms with van der Waals surface area (Å²) < 4.78 is 1.55. The van der Waals surface area contributed by atoms with Crippen LogP contribution in [-0.4, -0.2) is 38.8 Å². The summed E-state index contributed by atoms with van der Waals surface area (Å²) in [6, 6.07) is 4.07. The molecule has 3 heterocycles. The molecule has 1 amide bonds. The SMILES string of the molecule is Cc1cccn2c(=O)c(CN(CC3CCC(=O)N3)C(C)C)c(Cl)nc12. The quantitative estimate of drug-likeness (QED) is 0.827. The van der Waals surface area contributed by atoms with Gasteiger partial charge in [0.15, 0.2) is 0 Å². The van der Waals surface area contributed by atoms with E-state index in [0.717, 1.165) is 12.0 Å². The number of rotatable bonds is 5. The van der Waals surface area contributed by atoms with Crippen molar-refractivity contribution < 1.29 is 4.79 Å². The molecule has 1 saturated heterocycles. The molecule has 0 saturated carbocycles. The van der Waals surface area contributed by atoms with Gasteiger partial charge in [0.05, 0.1) is 5.56 Å². The van der Waals surface area contributed by atoms with Crippen molar-refractivity contribution in [2.45, 2.75) is 52.2 Å². The summed E-state index contributed by atoms with van der Waals surface area (Å²) >= 11 is 6.35. The zero-order valence-corrected chi connectivity index (χ0v) is 15.5. The van der Waals surface area contributed by atoms with Crippen LogP contribution in [0.15, 0.2) is 23.1 Å². The summed E-state index contributed by atoms with van der Waals surface area (Å²) in [5.74, 6) is 0.0923. The molecular formula is C18H23ClN4O2. The first-order valence-corrected chi connectivity index (χ1v) is 8.94. The Kier molecular flexibility index (Phi) is 5.11. The highest BCUT2D eigenvalue weighted by molar-refractivity contribution is 6.30. The number of amides is 1. The second-order valence-electron chi connectivity index (χ2n) is 6.90. The third-order valence-electron chi connectivity index (χ3n) is 4.72. The molecule has 6 nitrogen and oxygen atoms in total. The third-order valence-corrected chi connectivity index (χ3v) is 5.04. The maximum absolute atomic E-state index is 12.9. The van der Waals surface area contributed by atoms with Crippen molar-refractivity contribution in [3.05, 3.63) is 45.0 Å². The molecule has 2 aromatic rings. The van der Waals surface area contributed by atoms with Crippen molar-refractivity contribution >= 4 is 23.2 Å². The van der Waals surface area contributed by atoms with E-state index in [-0.39, 0.29) is 28.7 Å². The van der Waals surface area contributed by atoms with Crippen LogP contribution < -0.4 is 10.9 Å². The molecule has 134 valence electrons. The summed E-state index contributed by atoms with van der Waals surface area (Å²) in [6.45, 7) is 7.14. The average Bonchev–Trinajstić information content (AvgIpc) is 2.96. The van der Waals surface area contributed by atoms with Crippen LogP contribution in [0.5, 0.6) is 0 Å². The van der Waals surface area contributed by atoms with E-state index in [1.807, 2.05) is 19.1 Å². The Labute approximate surface area is 151 Å². The molecule has 7 heteroatoms. The molecule has 2 aromatic heterocycles. The first-order chi connectivity index (χ1) is 11.9. The molecule has 1 fully saturated rings. The number of carbonyl (C=O) groups is 1. The van der Waals surface area contributed by atoms with Gasteiger partial charge in [0.25, 0.3) is 5.56 Å². The Balaban J connectivity index is 1.92. The molecule has 25 heavy (non-hydrogen) atoms. The molecule has 3 rings (SSSR count). The Morgan fingerprint density at radius 1 is 1.44 bits per heavy atom. The van der Waals surface area contributed by atoms with E-state index in [2.05, 4.69) is 29.0 Å². The molecule has 1 aliphatic rings. The number of hydrogen-bond acceptors (Lipinski definition) is 4. The number of aryl methyl sites for hydroxylation is 1. The third kappa shape index (κ3) is 3.70. The first-order valence-electron chi connectivity index (χ1n) is 8.56. The number of hydrogen-bond donors (Lipinski definition) is 1. The van der Waals surface area contributed by atoms with E-state index in [4.69, 9.17) is 11.6 Å². The highest BCUT2D eigenvalue weighted by Gasteiger charge is 2.25. The summed E-state index contributed by atoms with van der Waals surface area (Å²) in [7, 11) is 0. The van der Waals surface area contributed by atoms with E-state index < -0.39 is 0 Å². The largest absolute Gasteiger partial charge is 0.352 e. The number of fused-ring (bicyclic) bond motifs is 1. The topological polar surface area (TPSA) is 66.7 Å². The Bertz CT molecular complexity index is 862. The Hall–Kier alpha value is -1.92. The van der Waals surface area contributed by atoms with Crippen molar-refractivity contribution in [3.63, 3.8) is 0 Å². The van der Waals surface area contributed by atoms with E-state index >= 15 is 0 Å². The Morgan fingerprint density at radius 3 is 2.84 bits per heavy atom. The van der Waals surface area contributed by atoms with Gasteiger partial charge < -0.3 is 5.32 Å². The zero-order valence-electron chi connectivity index (χ0n) is 14.8. The number of aromatic nitrogens is 2. The molecule has 0 bridgehead atoms. The molecule has 1 aliphatic heterocycles. The molecule has 1 atom stereocenters. The maximum Gasteiger partial charge on any atom is 0.263 e. The van der Waals surface area contributed by atoms with Gasteiger partial charge in [-0.25, -0.2) is 4.98 Å². The minimum atomic E-state index is -0.139. The molecule has 0 aliphatic carbocycles. The predicted molar refractivity (Wildman–Crippen MR) is 97.9 cm³/mol. The lowest BCUT2D eigenvalue weighted by molar-refractivity contribution is -0.119. The first kappa shape index (κ1) is 17.9. The van der Waals surface area contributed by atoms with Crippen LogP contribution in [-0.2, 0) is 11.3 Å². The summed E-state index contributed by atoms with van der Waals surface area (Å²) in [5.41, 5.74) is 1.84. The van der Waals surface area contributed by atoms with Crippen LogP contribution in [0.3, 0.4) is 0 Å². The van der Waals surface area contributed by atoms with Gasteiger partial charge in [-0.1, -0.05) is 17.7 Å². The van der Waals surface area contributed by atoms with Gasteiger partial charge in [-0.15, -0.1) is 0 Å². The second kappa shape index (κ2) is 7.14. The van der Waals surface area contributed by atoms with Crippen molar-refractivity contribution in [1.29, 1.82) is 0 Å². The average molecular weight is 363 g/mol. The van der Waals surface area contributed by atoms with Crippen LogP contribution in [0.4, 0.5) is 0 Å². The number of pyridine rings is 1. The normalized spacial score (nSPS) is 17.7. The number of carbonyl (C=O) groups excluding carboxylic acids is 1. The van der Waals surface area contributed by atoms with Gasteiger partial charge in [0.1, 0.15) is 10.8 Å². The molecule has 1 N–H and O–H groups in total.